The summed E-state index contributed by atoms with van der Waals surface area (Å²) in [5.41, 5.74) is 5.71. The maximum Gasteiger partial charge on any atom is 0.157 e. The first-order chi connectivity index (χ1) is 4.74. The maximum atomic E-state index is 5.71. The Hall–Kier alpha value is -0.120. The zero-order valence-corrected chi connectivity index (χ0v) is 6.54. The number of hydrogen-bond donors (Lipinski definition) is 1. The molecule has 0 aromatic rings. The normalized spacial score (nSPS) is 41.7. The van der Waals surface area contributed by atoms with Gasteiger partial charge in [-0.15, -0.1) is 0 Å². The molecule has 2 N–H and O–H groups in total. The summed E-state index contributed by atoms with van der Waals surface area (Å²) >= 11 is 0. The summed E-state index contributed by atoms with van der Waals surface area (Å²) in [6.07, 6.45) is 2.02. The van der Waals surface area contributed by atoms with Gasteiger partial charge in [0.15, 0.2) is 6.29 Å². The molecule has 1 fully saturated rings. The third-order valence-corrected chi connectivity index (χ3v) is 1.97. The molecule has 1 aliphatic heterocycles. The molecule has 0 unspecified atom stereocenters. The van der Waals surface area contributed by atoms with Gasteiger partial charge in [0.05, 0.1) is 6.10 Å². The van der Waals surface area contributed by atoms with Crippen molar-refractivity contribution in [1.29, 1.82) is 0 Å². The lowest BCUT2D eigenvalue weighted by atomic mass is 10.0. The molecular formula is C7H15NO2. The van der Waals surface area contributed by atoms with E-state index in [1.165, 1.54) is 0 Å². The molecule has 60 valence electrons. The third-order valence-electron chi connectivity index (χ3n) is 1.97. The van der Waals surface area contributed by atoms with Crippen LogP contribution in [0.4, 0.5) is 0 Å². The van der Waals surface area contributed by atoms with E-state index in [0.29, 0.717) is 0 Å². The van der Waals surface area contributed by atoms with Crippen LogP contribution in [0, 0.1) is 0 Å². The van der Waals surface area contributed by atoms with E-state index in [9.17, 15) is 0 Å². The van der Waals surface area contributed by atoms with Crippen molar-refractivity contribution < 1.29 is 9.47 Å². The smallest absolute Gasteiger partial charge is 0.157 e. The standard InChI is InChI=1S/C7H15NO2/c1-5-6(8)3-4-7(9-2)10-5/h5-7H,3-4,8H2,1-2H3/t5-,6+,7+/m1/s1. The molecule has 1 saturated heterocycles. The molecule has 0 aromatic heterocycles. The van der Waals surface area contributed by atoms with E-state index in [0.717, 1.165) is 12.8 Å². The number of hydrogen-bond acceptors (Lipinski definition) is 3. The summed E-state index contributed by atoms with van der Waals surface area (Å²) < 4.78 is 10.4. The zero-order chi connectivity index (χ0) is 7.56. The fourth-order valence-corrected chi connectivity index (χ4v) is 1.15. The van der Waals surface area contributed by atoms with Crippen molar-refractivity contribution in [2.75, 3.05) is 7.11 Å². The van der Waals surface area contributed by atoms with Crippen LogP contribution in [0.3, 0.4) is 0 Å². The Kier molecular flexibility index (Phi) is 2.65. The molecular weight excluding hydrogens is 130 g/mol. The van der Waals surface area contributed by atoms with Gasteiger partial charge in [-0.05, 0) is 19.8 Å². The molecule has 1 heterocycles. The Morgan fingerprint density at radius 1 is 1.50 bits per heavy atom. The van der Waals surface area contributed by atoms with E-state index in [-0.39, 0.29) is 18.4 Å². The molecule has 0 aliphatic carbocycles. The Labute approximate surface area is 61.5 Å². The van der Waals surface area contributed by atoms with Gasteiger partial charge in [0.25, 0.3) is 0 Å². The second-order valence-electron chi connectivity index (χ2n) is 2.75. The van der Waals surface area contributed by atoms with Crippen LogP contribution in [0.1, 0.15) is 19.8 Å². The lowest BCUT2D eigenvalue weighted by Gasteiger charge is -2.31. The summed E-state index contributed by atoms with van der Waals surface area (Å²) in [5, 5.41) is 0. The minimum absolute atomic E-state index is 0.0326. The van der Waals surface area contributed by atoms with Crippen molar-refractivity contribution in [3.63, 3.8) is 0 Å². The largest absolute Gasteiger partial charge is 0.356 e. The van der Waals surface area contributed by atoms with Gasteiger partial charge in [-0.25, -0.2) is 0 Å². The molecule has 0 radical (unpaired) electrons. The third kappa shape index (κ3) is 1.68. The van der Waals surface area contributed by atoms with Crippen molar-refractivity contribution >= 4 is 0 Å². The van der Waals surface area contributed by atoms with E-state index in [2.05, 4.69) is 0 Å². The quantitative estimate of drug-likeness (QED) is 0.584. The molecule has 0 spiro atoms. The van der Waals surface area contributed by atoms with Gasteiger partial charge < -0.3 is 15.2 Å². The lowest BCUT2D eigenvalue weighted by molar-refractivity contribution is -0.180. The molecule has 0 bridgehead atoms. The van der Waals surface area contributed by atoms with Crippen LogP contribution in [0.25, 0.3) is 0 Å². The second-order valence-corrected chi connectivity index (χ2v) is 2.75. The first-order valence-electron chi connectivity index (χ1n) is 3.68. The number of ether oxygens (including phenoxy) is 2. The van der Waals surface area contributed by atoms with Crippen LogP contribution in [0.5, 0.6) is 0 Å². The second kappa shape index (κ2) is 3.32. The monoisotopic (exact) mass is 145 g/mol. The molecule has 0 saturated carbocycles. The predicted octanol–water partition coefficient (Wildman–Crippen LogP) is 0.485. The van der Waals surface area contributed by atoms with Gasteiger partial charge in [0.1, 0.15) is 0 Å². The Balaban J connectivity index is 2.33. The van der Waals surface area contributed by atoms with Crippen LogP contribution >= 0.6 is 0 Å². The average molecular weight is 145 g/mol. The Morgan fingerprint density at radius 2 is 2.20 bits per heavy atom. The van der Waals surface area contributed by atoms with E-state index in [1.54, 1.807) is 7.11 Å². The molecule has 0 aromatic carbocycles. The summed E-state index contributed by atoms with van der Waals surface area (Å²) in [6.45, 7) is 1.98. The van der Waals surface area contributed by atoms with Gasteiger partial charge in [-0.2, -0.15) is 0 Å². The lowest BCUT2D eigenvalue weighted by Crippen LogP contribution is -2.42. The highest BCUT2D eigenvalue weighted by Crippen LogP contribution is 2.17. The molecule has 3 heteroatoms. The highest BCUT2D eigenvalue weighted by atomic mass is 16.7. The molecule has 3 nitrogen and oxygen atoms in total. The maximum absolute atomic E-state index is 5.71. The summed E-state index contributed by atoms with van der Waals surface area (Å²) in [4.78, 5) is 0. The van der Waals surface area contributed by atoms with Crippen LogP contribution in [-0.4, -0.2) is 25.5 Å². The van der Waals surface area contributed by atoms with Crippen molar-refractivity contribution in [2.24, 2.45) is 5.73 Å². The van der Waals surface area contributed by atoms with E-state index in [1.807, 2.05) is 6.92 Å². The van der Waals surface area contributed by atoms with E-state index in [4.69, 9.17) is 15.2 Å². The van der Waals surface area contributed by atoms with Crippen molar-refractivity contribution in [2.45, 2.75) is 38.2 Å². The molecule has 1 rings (SSSR count). The highest BCUT2D eigenvalue weighted by molar-refractivity contribution is 4.74. The average Bonchev–Trinajstić information content (AvgIpc) is 1.95. The predicted molar refractivity (Wildman–Crippen MR) is 38.6 cm³/mol. The fourth-order valence-electron chi connectivity index (χ4n) is 1.15. The summed E-state index contributed by atoms with van der Waals surface area (Å²) in [6, 6.07) is 0.186. The topological polar surface area (TPSA) is 44.5 Å². The minimum atomic E-state index is -0.0326. The van der Waals surface area contributed by atoms with Crippen LogP contribution in [-0.2, 0) is 9.47 Å². The molecule has 1 aliphatic rings. The van der Waals surface area contributed by atoms with Crippen LogP contribution in [0.2, 0.25) is 0 Å². The zero-order valence-electron chi connectivity index (χ0n) is 6.54. The Bertz CT molecular complexity index is 108. The van der Waals surface area contributed by atoms with Gasteiger partial charge in [-0.3, -0.25) is 0 Å². The molecule has 10 heavy (non-hydrogen) atoms. The van der Waals surface area contributed by atoms with Crippen LogP contribution < -0.4 is 5.73 Å². The van der Waals surface area contributed by atoms with Crippen molar-refractivity contribution in [1.82, 2.24) is 0 Å². The SMILES string of the molecule is CO[C@@H]1CC[C@H](N)[C@@H](C)O1. The number of nitrogens with two attached hydrogens (primary N) is 1. The Morgan fingerprint density at radius 3 is 2.70 bits per heavy atom. The first-order valence-corrected chi connectivity index (χ1v) is 3.68. The molecule has 0 amide bonds. The fraction of sp³-hybridized carbons (Fsp3) is 1.00. The summed E-state index contributed by atoms with van der Waals surface area (Å²) in [5.74, 6) is 0. The minimum Gasteiger partial charge on any atom is -0.356 e. The van der Waals surface area contributed by atoms with Gasteiger partial charge in [0.2, 0.25) is 0 Å². The van der Waals surface area contributed by atoms with E-state index < -0.39 is 0 Å². The van der Waals surface area contributed by atoms with Gasteiger partial charge in [0, 0.05) is 13.2 Å². The van der Waals surface area contributed by atoms with E-state index >= 15 is 0 Å². The molecule has 3 atom stereocenters. The highest BCUT2D eigenvalue weighted by Gasteiger charge is 2.24. The van der Waals surface area contributed by atoms with Gasteiger partial charge in [-0.1, -0.05) is 0 Å². The summed E-state index contributed by atoms with van der Waals surface area (Å²) in [7, 11) is 1.66. The van der Waals surface area contributed by atoms with Crippen LogP contribution in [0.15, 0.2) is 0 Å². The van der Waals surface area contributed by atoms with Crippen molar-refractivity contribution in [3.8, 4) is 0 Å². The number of methoxy groups -OCH3 is 1. The number of rotatable bonds is 1. The first kappa shape index (κ1) is 7.98. The van der Waals surface area contributed by atoms with Gasteiger partial charge >= 0.3 is 0 Å². The van der Waals surface area contributed by atoms with Crippen molar-refractivity contribution in [3.05, 3.63) is 0 Å².